The summed E-state index contributed by atoms with van der Waals surface area (Å²) in [4.78, 5) is 13.3. The summed E-state index contributed by atoms with van der Waals surface area (Å²) >= 11 is 11.6. The minimum Gasteiger partial charge on any atom is -0.292 e. The molecule has 2 amide bonds. The average molecular weight is 309 g/mol. The molecular weight excluding hydrogens is 299 g/mol. The third-order valence-corrected chi connectivity index (χ3v) is 4.46. The van der Waals surface area contributed by atoms with E-state index in [0.29, 0.717) is 22.3 Å². The molecule has 98 valence electrons. The molecule has 5 nitrogen and oxygen atoms in total. The number of amides is 2. The minimum atomic E-state index is -3.53. The van der Waals surface area contributed by atoms with Gasteiger partial charge < -0.3 is 0 Å². The normalized spacial score (nSPS) is 16.5. The van der Waals surface area contributed by atoms with Crippen LogP contribution in [0.1, 0.15) is 0 Å². The molecule has 1 aliphatic rings. The van der Waals surface area contributed by atoms with Crippen LogP contribution in [-0.2, 0) is 10.0 Å². The number of nitrogens with zero attached hydrogens (tertiary/aromatic N) is 2. The van der Waals surface area contributed by atoms with E-state index in [0.717, 1.165) is 10.6 Å². The summed E-state index contributed by atoms with van der Waals surface area (Å²) < 4.78 is 23.6. The Morgan fingerprint density at radius 3 is 2.33 bits per heavy atom. The van der Waals surface area contributed by atoms with E-state index in [1.807, 2.05) is 0 Å². The topological polar surface area (TPSA) is 57.7 Å². The van der Waals surface area contributed by atoms with Gasteiger partial charge in [0.15, 0.2) is 0 Å². The molecule has 0 N–H and O–H groups in total. The first-order chi connectivity index (χ1) is 8.30. The molecule has 1 fully saturated rings. The number of carbonyl (C=O) groups is 1. The molecule has 2 rings (SSSR count). The molecule has 8 heteroatoms. The summed E-state index contributed by atoms with van der Waals surface area (Å²) in [5, 5.41) is 0.701. The van der Waals surface area contributed by atoms with Crippen LogP contribution in [0.5, 0.6) is 0 Å². The van der Waals surface area contributed by atoms with Crippen molar-refractivity contribution in [3.63, 3.8) is 0 Å². The van der Waals surface area contributed by atoms with Gasteiger partial charge in [-0.25, -0.2) is 17.5 Å². The van der Waals surface area contributed by atoms with E-state index in [1.165, 1.54) is 11.0 Å². The summed E-state index contributed by atoms with van der Waals surface area (Å²) in [6.07, 6.45) is 1.00. The maximum atomic E-state index is 11.9. The number of anilines is 1. The quantitative estimate of drug-likeness (QED) is 0.841. The van der Waals surface area contributed by atoms with Crippen LogP contribution in [0, 0.1) is 0 Å². The summed E-state index contributed by atoms with van der Waals surface area (Å²) in [6, 6.07) is 4.15. The van der Waals surface area contributed by atoms with Gasteiger partial charge in [-0.3, -0.25) is 4.90 Å². The highest BCUT2D eigenvalue weighted by molar-refractivity contribution is 7.88. The van der Waals surface area contributed by atoms with Gasteiger partial charge in [-0.2, -0.15) is 0 Å². The minimum absolute atomic E-state index is 0.137. The van der Waals surface area contributed by atoms with Gasteiger partial charge in [-0.1, -0.05) is 23.2 Å². The van der Waals surface area contributed by atoms with E-state index in [9.17, 15) is 13.2 Å². The molecule has 0 unspecified atom stereocenters. The first kappa shape index (κ1) is 13.5. The zero-order valence-corrected chi connectivity index (χ0v) is 11.8. The number of hydrogen-bond donors (Lipinski definition) is 0. The average Bonchev–Trinajstić information content (AvgIpc) is 2.64. The second-order valence-corrected chi connectivity index (χ2v) is 6.59. The van der Waals surface area contributed by atoms with Gasteiger partial charge in [0.25, 0.3) is 0 Å². The molecule has 1 saturated heterocycles. The second kappa shape index (κ2) is 4.60. The Kier molecular flexibility index (Phi) is 3.44. The van der Waals surface area contributed by atoms with Gasteiger partial charge in [0.1, 0.15) is 0 Å². The molecule has 0 aromatic heterocycles. The third kappa shape index (κ3) is 2.41. The van der Waals surface area contributed by atoms with Gasteiger partial charge in [-0.05, 0) is 18.2 Å². The standard InChI is InChI=1S/C10H10Cl2N2O3S/c1-18(16,17)14-5-4-13(10(14)15)7-2-3-8(11)9(12)6-7/h2-3,6H,4-5H2,1H3. The zero-order chi connectivity index (χ0) is 13.5. The van der Waals surface area contributed by atoms with Crippen molar-refractivity contribution in [3.05, 3.63) is 28.2 Å². The molecule has 1 heterocycles. The lowest BCUT2D eigenvalue weighted by Gasteiger charge is -2.17. The van der Waals surface area contributed by atoms with Crippen LogP contribution >= 0.6 is 23.2 Å². The predicted octanol–water partition coefficient (Wildman–Crippen LogP) is 2.20. The fourth-order valence-corrected chi connectivity index (χ4v) is 2.80. The predicted molar refractivity (Wildman–Crippen MR) is 70.8 cm³/mol. The number of rotatable bonds is 2. The van der Waals surface area contributed by atoms with Crippen LogP contribution in [0.25, 0.3) is 0 Å². The SMILES string of the molecule is CS(=O)(=O)N1CCN(c2ccc(Cl)c(Cl)c2)C1=O. The molecule has 1 aliphatic heterocycles. The van der Waals surface area contributed by atoms with Gasteiger partial charge in [-0.15, -0.1) is 0 Å². The van der Waals surface area contributed by atoms with Crippen LogP contribution in [0.3, 0.4) is 0 Å². The fraction of sp³-hybridized carbons (Fsp3) is 0.300. The number of halogens is 2. The van der Waals surface area contributed by atoms with Crippen LogP contribution < -0.4 is 4.90 Å². The van der Waals surface area contributed by atoms with Crippen LogP contribution in [0.15, 0.2) is 18.2 Å². The highest BCUT2D eigenvalue weighted by Gasteiger charge is 2.35. The lowest BCUT2D eigenvalue weighted by atomic mass is 10.3. The lowest BCUT2D eigenvalue weighted by molar-refractivity contribution is 0.239. The number of sulfonamides is 1. The maximum absolute atomic E-state index is 11.9. The second-order valence-electron chi connectivity index (χ2n) is 3.87. The van der Waals surface area contributed by atoms with Crippen LogP contribution in [0.4, 0.5) is 10.5 Å². The van der Waals surface area contributed by atoms with Crippen molar-refractivity contribution >= 4 is 44.9 Å². The van der Waals surface area contributed by atoms with E-state index >= 15 is 0 Å². The first-order valence-corrected chi connectivity index (χ1v) is 7.65. The van der Waals surface area contributed by atoms with Crippen molar-refractivity contribution in [2.75, 3.05) is 24.2 Å². The molecule has 0 radical (unpaired) electrons. The van der Waals surface area contributed by atoms with Crippen LogP contribution in [-0.4, -0.2) is 38.1 Å². The Balaban J connectivity index is 2.32. The largest absolute Gasteiger partial charge is 0.338 e. The summed E-state index contributed by atoms with van der Waals surface area (Å²) in [6.45, 7) is 0.432. The van der Waals surface area contributed by atoms with Gasteiger partial charge in [0.2, 0.25) is 10.0 Å². The van der Waals surface area contributed by atoms with Crippen molar-refractivity contribution in [1.29, 1.82) is 0 Å². The monoisotopic (exact) mass is 308 g/mol. The van der Waals surface area contributed by atoms with Crippen molar-refractivity contribution in [3.8, 4) is 0 Å². The maximum Gasteiger partial charge on any atom is 0.338 e. The van der Waals surface area contributed by atoms with E-state index in [-0.39, 0.29) is 6.54 Å². The molecule has 0 aliphatic carbocycles. The van der Waals surface area contributed by atoms with E-state index in [2.05, 4.69) is 0 Å². The molecule has 1 aromatic carbocycles. The Morgan fingerprint density at radius 2 is 1.83 bits per heavy atom. The first-order valence-electron chi connectivity index (χ1n) is 5.05. The summed E-state index contributed by atoms with van der Waals surface area (Å²) in [5.41, 5.74) is 0.528. The Morgan fingerprint density at radius 1 is 1.17 bits per heavy atom. The Hall–Kier alpha value is -0.980. The smallest absolute Gasteiger partial charge is 0.292 e. The van der Waals surface area contributed by atoms with E-state index in [4.69, 9.17) is 23.2 Å². The zero-order valence-electron chi connectivity index (χ0n) is 9.43. The summed E-state index contributed by atoms with van der Waals surface area (Å²) in [5.74, 6) is 0. The number of hydrogen-bond acceptors (Lipinski definition) is 3. The number of benzene rings is 1. The van der Waals surface area contributed by atoms with E-state index < -0.39 is 16.1 Å². The Labute approximate surface area is 115 Å². The molecule has 1 aromatic rings. The molecule has 0 saturated carbocycles. The highest BCUT2D eigenvalue weighted by atomic mass is 35.5. The van der Waals surface area contributed by atoms with Crippen molar-refractivity contribution in [2.45, 2.75) is 0 Å². The Bertz CT molecular complexity index is 603. The molecular formula is C10H10Cl2N2O3S. The highest BCUT2D eigenvalue weighted by Crippen LogP contribution is 2.29. The summed E-state index contributed by atoms with van der Waals surface area (Å²) in [7, 11) is -3.53. The molecule has 0 spiro atoms. The number of urea groups is 1. The van der Waals surface area contributed by atoms with E-state index in [1.54, 1.807) is 12.1 Å². The molecule has 0 bridgehead atoms. The number of carbonyl (C=O) groups excluding carboxylic acids is 1. The lowest BCUT2D eigenvalue weighted by Crippen LogP contribution is -2.35. The van der Waals surface area contributed by atoms with Gasteiger partial charge in [0, 0.05) is 12.2 Å². The van der Waals surface area contributed by atoms with Gasteiger partial charge >= 0.3 is 6.03 Å². The van der Waals surface area contributed by atoms with Crippen LogP contribution in [0.2, 0.25) is 10.0 Å². The molecule has 18 heavy (non-hydrogen) atoms. The third-order valence-electron chi connectivity index (χ3n) is 2.59. The van der Waals surface area contributed by atoms with Crippen molar-refractivity contribution in [1.82, 2.24) is 4.31 Å². The van der Waals surface area contributed by atoms with Crippen molar-refractivity contribution in [2.24, 2.45) is 0 Å². The fourth-order valence-electron chi connectivity index (χ4n) is 1.72. The van der Waals surface area contributed by atoms with Gasteiger partial charge in [0.05, 0.1) is 22.8 Å². The van der Waals surface area contributed by atoms with Crippen molar-refractivity contribution < 1.29 is 13.2 Å². The molecule has 0 atom stereocenters.